The van der Waals surface area contributed by atoms with Gasteiger partial charge in [0.05, 0.1) is 0 Å². The SMILES string of the molecule is CC1(C)C2CC=C(CN3CCN(Cc4ccc5c(c4)OCO5)CC3)C1C2. The molecule has 0 N–H and O–H groups in total. The van der Waals surface area contributed by atoms with Crippen molar-refractivity contribution in [3.63, 3.8) is 0 Å². The van der Waals surface area contributed by atoms with Gasteiger partial charge in [-0.05, 0) is 47.8 Å². The Hall–Kier alpha value is -1.52. The first-order chi connectivity index (χ1) is 12.6. The molecule has 1 aromatic carbocycles. The average Bonchev–Trinajstić information content (AvgIpc) is 3.11. The maximum Gasteiger partial charge on any atom is 0.231 e. The molecule has 4 heteroatoms. The number of benzene rings is 1. The molecule has 1 saturated carbocycles. The third-order valence-electron chi connectivity index (χ3n) is 7.30. The zero-order valence-electron chi connectivity index (χ0n) is 16.0. The van der Waals surface area contributed by atoms with Gasteiger partial charge in [-0.25, -0.2) is 0 Å². The Morgan fingerprint density at radius 2 is 1.73 bits per heavy atom. The molecule has 2 unspecified atom stereocenters. The fraction of sp³-hybridized carbons (Fsp3) is 0.636. The second-order valence-corrected chi connectivity index (χ2v) is 9.06. The minimum atomic E-state index is 0.353. The maximum absolute atomic E-state index is 5.51. The summed E-state index contributed by atoms with van der Waals surface area (Å²) in [5.74, 6) is 3.55. The summed E-state index contributed by atoms with van der Waals surface area (Å²) in [6.07, 6.45) is 5.30. The molecular weight excluding hydrogens is 324 g/mol. The van der Waals surface area contributed by atoms with E-state index in [-0.39, 0.29) is 0 Å². The van der Waals surface area contributed by atoms with E-state index in [9.17, 15) is 0 Å². The summed E-state index contributed by atoms with van der Waals surface area (Å²) in [6, 6.07) is 6.34. The molecule has 1 aromatic rings. The van der Waals surface area contributed by atoms with E-state index in [1.807, 2.05) is 6.07 Å². The molecule has 3 aliphatic carbocycles. The van der Waals surface area contributed by atoms with E-state index in [2.05, 4.69) is 41.9 Å². The van der Waals surface area contributed by atoms with Crippen molar-refractivity contribution < 1.29 is 9.47 Å². The quantitative estimate of drug-likeness (QED) is 0.773. The van der Waals surface area contributed by atoms with Crippen LogP contribution in [-0.4, -0.2) is 49.3 Å². The molecule has 2 aliphatic heterocycles. The van der Waals surface area contributed by atoms with E-state index in [0.29, 0.717) is 12.2 Å². The van der Waals surface area contributed by atoms with Crippen molar-refractivity contribution >= 4 is 0 Å². The van der Waals surface area contributed by atoms with Gasteiger partial charge in [0.1, 0.15) is 0 Å². The van der Waals surface area contributed by atoms with Crippen LogP contribution < -0.4 is 9.47 Å². The molecule has 2 heterocycles. The van der Waals surface area contributed by atoms with Crippen LogP contribution in [0.25, 0.3) is 0 Å². The monoisotopic (exact) mass is 354 g/mol. The zero-order chi connectivity index (χ0) is 17.7. The molecule has 0 spiro atoms. The molecule has 5 aliphatic rings. The van der Waals surface area contributed by atoms with Gasteiger partial charge in [0, 0.05) is 39.3 Å². The first-order valence-electron chi connectivity index (χ1n) is 10.1. The van der Waals surface area contributed by atoms with Crippen molar-refractivity contribution in [2.24, 2.45) is 17.3 Å². The molecule has 6 rings (SSSR count). The molecular formula is C22H30N2O2. The number of piperazine rings is 1. The van der Waals surface area contributed by atoms with Crippen LogP contribution in [0.4, 0.5) is 0 Å². The Balaban J connectivity index is 1.14. The van der Waals surface area contributed by atoms with Crippen molar-refractivity contribution in [2.75, 3.05) is 39.5 Å². The van der Waals surface area contributed by atoms with Crippen LogP contribution in [-0.2, 0) is 6.54 Å². The molecule has 2 atom stereocenters. The van der Waals surface area contributed by atoms with Crippen LogP contribution >= 0.6 is 0 Å². The van der Waals surface area contributed by atoms with Crippen molar-refractivity contribution in [2.45, 2.75) is 33.2 Å². The Morgan fingerprint density at radius 1 is 1.00 bits per heavy atom. The molecule has 26 heavy (non-hydrogen) atoms. The topological polar surface area (TPSA) is 24.9 Å². The number of hydrogen-bond acceptors (Lipinski definition) is 4. The molecule has 0 amide bonds. The lowest BCUT2D eigenvalue weighted by atomic mass is 9.49. The summed E-state index contributed by atoms with van der Waals surface area (Å²) < 4.78 is 10.9. The Labute approximate surface area is 156 Å². The van der Waals surface area contributed by atoms with E-state index in [0.717, 1.165) is 43.0 Å². The number of rotatable bonds is 4. The Kier molecular flexibility index (Phi) is 4.02. The zero-order valence-corrected chi connectivity index (χ0v) is 16.0. The van der Waals surface area contributed by atoms with Gasteiger partial charge in [-0.15, -0.1) is 0 Å². The van der Waals surface area contributed by atoms with Crippen LogP contribution in [0, 0.1) is 17.3 Å². The van der Waals surface area contributed by atoms with Gasteiger partial charge in [0.25, 0.3) is 0 Å². The van der Waals surface area contributed by atoms with Crippen molar-refractivity contribution in [3.05, 3.63) is 35.4 Å². The third-order valence-corrected chi connectivity index (χ3v) is 7.30. The van der Waals surface area contributed by atoms with E-state index in [4.69, 9.17) is 9.47 Å². The molecule has 0 radical (unpaired) electrons. The highest BCUT2D eigenvalue weighted by molar-refractivity contribution is 5.44. The lowest BCUT2D eigenvalue weighted by Crippen LogP contribution is -2.52. The Morgan fingerprint density at radius 3 is 2.46 bits per heavy atom. The first-order valence-corrected chi connectivity index (χ1v) is 10.1. The highest BCUT2D eigenvalue weighted by atomic mass is 16.7. The van der Waals surface area contributed by atoms with Gasteiger partial charge in [0.2, 0.25) is 6.79 Å². The number of nitrogens with zero attached hydrogens (tertiary/aromatic N) is 2. The van der Waals surface area contributed by atoms with Crippen LogP contribution in [0.3, 0.4) is 0 Å². The average molecular weight is 354 g/mol. The van der Waals surface area contributed by atoms with E-state index in [1.54, 1.807) is 5.57 Å². The molecule has 2 fully saturated rings. The van der Waals surface area contributed by atoms with E-state index in [1.165, 1.54) is 38.0 Å². The summed E-state index contributed by atoms with van der Waals surface area (Å²) in [6.45, 7) is 12.2. The maximum atomic E-state index is 5.51. The van der Waals surface area contributed by atoms with Crippen LogP contribution in [0.15, 0.2) is 29.8 Å². The molecule has 4 nitrogen and oxygen atoms in total. The molecule has 2 bridgehead atoms. The Bertz CT molecular complexity index is 719. The normalized spacial score (nSPS) is 30.0. The van der Waals surface area contributed by atoms with Gasteiger partial charge in [-0.3, -0.25) is 9.80 Å². The number of ether oxygens (including phenoxy) is 2. The number of hydrogen-bond donors (Lipinski definition) is 0. The summed E-state index contributed by atoms with van der Waals surface area (Å²) in [4.78, 5) is 5.23. The highest BCUT2D eigenvalue weighted by Crippen LogP contribution is 2.59. The fourth-order valence-corrected chi connectivity index (χ4v) is 5.32. The second-order valence-electron chi connectivity index (χ2n) is 9.06. The number of fused-ring (bicyclic) bond motifs is 2. The van der Waals surface area contributed by atoms with Gasteiger partial charge < -0.3 is 9.47 Å². The standard InChI is InChI=1S/C22H30N2O2/c1-22(2)18-5-4-17(19(22)12-18)14-24-9-7-23(8-10-24)13-16-3-6-20-21(11-16)26-15-25-20/h3-4,6,11,18-19H,5,7-10,12-15H2,1-2H3. The van der Waals surface area contributed by atoms with Gasteiger partial charge in [-0.2, -0.15) is 0 Å². The first kappa shape index (κ1) is 16.6. The molecule has 1 saturated heterocycles. The third kappa shape index (κ3) is 2.84. The van der Waals surface area contributed by atoms with Crippen molar-refractivity contribution in [3.8, 4) is 11.5 Å². The van der Waals surface area contributed by atoms with E-state index < -0.39 is 0 Å². The van der Waals surface area contributed by atoms with Gasteiger partial charge in [0.15, 0.2) is 11.5 Å². The largest absolute Gasteiger partial charge is 0.454 e. The minimum Gasteiger partial charge on any atom is -0.454 e. The van der Waals surface area contributed by atoms with Crippen LogP contribution in [0.1, 0.15) is 32.3 Å². The predicted molar refractivity (Wildman–Crippen MR) is 102 cm³/mol. The summed E-state index contributed by atoms with van der Waals surface area (Å²) in [5, 5.41) is 0. The van der Waals surface area contributed by atoms with Crippen LogP contribution in [0.2, 0.25) is 0 Å². The summed E-state index contributed by atoms with van der Waals surface area (Å²) in [5.41, 5.74) is 3.59. The number of allylic oxidation sites excluding steroid dienone is 1. The molecule has 140 valence electrons. The lowest BCUT2D eigenvalue weighted by Gasteiger charge is -2.57. The summed E-state index contributed by atoms with van der Waals surface area (Å²) >= 11 is 0. The van der Waals surface area contributed by atoms with Crippen molar-refractivity contribution in [1.29, 1.82) is 0 Å². The second kappa shape index (κ2) is 6.28. The van der Waals surface area contributed by atoms with E-state index >= 15 is 0 Å². The lowest BCUT2D eigenvalue weighted by molar-refractivity contribution is -0.0121. The predicted octanol–water partition coefficient (Wildman–Crippen LogP) is 3.53. The van der Waals surface area contributed by atoms with Gasteiger partial charge >= 0.3 is 0 Å². The summed E-state index contributed by atoms with van der Waals surface area (Å²) in [7, 11) is 0. The van der Waals surface area contributed by atoms with Crippen molar-refractivity contribution in [1.82, 2.24) is 9.80 Å². The van der Waals surface area contributed by atoms with Crippen LogP contribution in [0.5, 0.6) is 11.5 Å². The van der Waals surface area contributed by atoms with Gasteiger partial charge in [-0.1, -0.05) is 31.6 Å². The smallest absolute Gasteiger partial charge is 0.231 e. The minimum absolute atomic E-state index is 0.353. The fourth-order valence-electron chi connectivity index (χ4n) is 5.32. The highest BCUT2D eigenvalue weighted by Gasteiger charge is 2.51. The molecule has 0 aromatic heterocycles.